The third-order valence-corrected chi connectivity index (χ3v) is 4.22. The predicted molar refractivity (Wildman–Crippen MR) is 86.7 cm³/mol. The summed E-state index contributed by atoms with van der Waals surface area (Å²) in [5.41, 5.74) is 1.25. The van der Waals surface area contributed by atoms with Gasteiger partial charge in [0.1, 0.15) is 12.4 Å². The van der Waals surface area contributed by atoms with Crippen molar-refractivity contribution in [2.75, 3.05) is 32.8 Å². The minimum Gasteiger partial charge on any atom is -0.387 e. The average molecular weight is 314 g/mol. The summed E-state index contributed by atoms with van der Waals surface area (Å²) in [5, 5.41) is 8.92. The summed E-state index contributed by atoms with van der Waals surface area (Å²) in [7, 11) is 0. The van der Waals surface area contributed by atoms with Gasteiger partial charge in [-0.3, -0.25) is 9.69 Å². The number of carbonyl (C=O) groups is 1. The highest BCUT2D eigenvalue weighted by Gasteiger charge is 2.21. The summed E-state index contributed by atoms with van der Waals surface area (Å²) in [6.45, 7) is 4.15. The quantitative estimate of drug-likeness (QED) is 0.876. The molecular formula is C17H22N4O2. The molecule has 2 aromatic rings. The van der Waals surface area contributed by atoms with Crippen molar-refractivity contribution in [3.8, 4) is 0 Å². The third kappa shape index (κ3) is 3.97. The van der Waals surface area contributed by atoms with Gasteiger partial charge in [0, 0.05) is 45.1 Å². The molecule has 0 unspecified atom stereocenters. The number of aromatic nitrogens is 2. The minimum absolute atomic E-state index is 0.185. The lowest BCUT2D eigenvalue weighted by Crippen LogP contribution is -2.49. The Labute approximate surface area is 136 Å². The standard InChI is InChI=1S/C17H22N4O2/c22-14-17(23)20-10-8-19(9-11-20)13-16-18-6-7-21(16)12-15-4-2-1-3-5-15/h1-7,22H,8-14H2. The van der Waals surface area contributed by atoms with E-state index in [1.165, 1.54) is 5.56 Å². The molecule has 1 aromatic heterocycles. The molecule has 0 saturated carbocycles. The highest BCUT2D eigenvalue weighted by molar-refractivity contribution is 5.77. The van der Waals surface area contributed by atoms with Gasteiger partial charge in [-0.2, -0.15) is 0 Å². The van der Waals surface area contributed by atoms with Crippen LogP contribution < -0.4 is 0 Å². The molecule has 2 heterocycles. The normalized spacial score (nSPS) is 15.8. The summed E-state index contributed by atoms with van der Waals surface area (Å²) in [6, 6.07) is 10.3. The molecule has 0 bridgehead atoms. The lowest BCUT2D eigenvalue weighted by molar-refractivity contribution is -0.136. The first-order valence-electron chi connectivity index (χ1n) is 7.91. The van der Waals surface area contributed by atoms with E-state index in [4.69, 9.17) is 5.11 Å². The lowest BCUT2D eigenvalue weighted by atomic mass is 10.2. The van der Waals surface area contributed by atoms with Gasteiger partial charge in [0.25, 0.3) is 0 Å². The molecule has 122 valence electrons. The maximum absolute atomic E-state index is 11.5. The van der Waals surface area contributed by atoms with Gasteiger partial charge in [-0.15, -0.1) is 0 Å². The van der Waals surface area contributed by atoms with Crippen LogP contribution in [0.15, 0.2) is 42.7 Å². The number of piperazine rings is 1. The van der Waals surface area contributed by atoms with Crippen LogP contribution in [0, 0.1) is 0 Å². The van der Waals surface area contributed by atoms with Gasteiger partial charge in [0.15, 0.2) is 0 Å². The van der Waals surface area contributed by atoms with Crippen molar-refractivity contribution in [1.82, 2.24) is 19.4 Å². The van der Waals surface area contributed by atoms with Crippen LogP contribution in [-0.4, -0.2) is 63.2 Å². The maximum atomic E-state index is 11.5. The smallest absolute Gasteiger partial charge is 0.248 e. The number of rotatable bonds is 5. The number of aliphatic hydroxyl groups excluding tert-OH is 1. The molecule has 3 rings (SSSR count). The number of hydrogen-bond donors (Lipinski definition) is 1. The summed E-state index contributed by atoms with van der Waals surface area (Å²) in [6.07, 6.45) is 3.84. The monoisotopic (exact) mass is 314 g/mol. The van der Waals surface area contributed by atoms with E-state index in [2.05, 4.69) is 26.6 Å². The van der Waals surface area contributed by atoms with Gasteiger partial charge in [-0.25, -0.2) is 4.98 Å². The van der Waals surface area contributed by atoms with E-state index in [1.54, 1.807) is 4.90 Å². The van der Waals surface area contributed by atoms with Crippen LogP contribution in [0.25, 0.3) is 0 Å². The second-order valence-corrected chi connectivity index (χ2v) is 5.77. The van der Waals surface area contributed by atoms with Gasteiger partial charge in [0.05, 0.1) is 6.54 Å². The highest BCUT2D eigenvalue weighted by Crippen LogP contribution is 2.10. The van der Waals surface area contributed by atoms with Gasteiger partial charge in [-0.1, -0.05) is 30.3 Å². The first kappa shape index (κ1) is 15.7. The fraction of sp³-hybridized carbons (Fsp3) is 0.412. The molecular weight excluding hydrogens is 292 g/mol. The van der Waals surface area contributed by atoms with Crippen molar-refractivity contribution in [2.24, 2.45) is 0 Å². The molecule has 1 aromatic carbocycles. The van der Waals surface area contributed by atoms with Gasteiger partial charge >= 0.3 is 0 Å². The number of carbonyl (C=O) groups excluding carboxylic acids is 1. The third-order valence-electron chi connectivity index (χ3n) is 4.22. The van der Waals surface area contributed by atoms with E-state index >= 15 is 0 Å². The van der Waals surface area contributed by atoms with Crippen LogP contribution in [0.2, 0.25) is 0 Å². The largest absolute Gasteiger partial charge is 0.387 e. The predicted octanol–water partition coefficient (Wildman–Crippen LogP) is 0.568. The number of hydrogen-bond acceptors (Lipinski definition) is 4. The Bertz CT molecular complexity index is 633. The van der Waals surface area contributed by atoms with Gasteiger partial charge < -0.3 is 14.6 Å². The Morgan fingerprint density at radius 3 is 2.52 bits per heavy atom. The highest BCUT2D eigenvalue weighted by atomic mass is 16.3. The Balaban J connectivity index is 1.57. The molecule has 1 aliphatic rings. The molecule has 0 atom stereocenters. The molecule has 1 fully saturated rings. The van der Waals surface area contributed by atoms with Crippen LogP contribution in [0.4, 0.5) is 0 Å². The summed E-state index contributed by atoms with van der Waals surface area (Å²) in [4.78, 5) is 20.0. The average Bonchev–Trinajstić information content (AvgIpc) is 3.02. The van der Waals surface area contributed by atoms with Crippen molar-refractivity contribution in [3.05, 3.63) is 54.1 Å². The number of nitrogens with zero attached hydrogens (tertiary/aromatic N) is 4. The van der Waals surface area contributed by atoms with Gasteiger partial charge in [-0.05, 0) is 5.56 Å². The second kappa shape index (κ2) is 7.39. The topological polar surface area (TPSA) is 61.6 Å². The molecule has 23 heavy (non-hydrogen) atoms. The van der Waals surface area contributed by atoms with Crippen LogP contribution in [0.3, 0.4) is 0 Å². The fourth-order valence-electron chi connectivity index (χ4n) is 2.87. The first-order chi connectivity index (χ1) is 11.3. The fourth-order valence-corrected chi connectivity index (χ4v) is 2.87. The molecule has 1 amide bonds. The Morgan fingerprint density at radius 1 is 1.09 bits per heavy atom. The SMILES string of the molecule is O=C(CO)N1CCN(Cc2nccn2Cc2ccccc2)CC1. The number of amides is 1. The van der Waals surface area contributed by atoms with Gasteiger partial charge in [0.2, 0.25) is 5.91 Å². The Morgan fingerprint density at radius 2 is 1.83 bits per heavy atom. The van der Waals surface area contributed by atoms with E-state index in [1.807, 2.05) is 30.6 Å². The molecule has 1 N–H and O–H groups in total. The van der Waals surface area contributed by atoms with E-state index in [0.29, 0.717) is 13.1 Å². The van der Waals surface area contributed by atoms with E-state index < -0.39 is 6.61 Å². The number of benzene rings is 1. The van der Waals surface area contributed by atoms with Crippen LogP contribution >= 0.6 is 0 Å². The van der Waals surface area contributed by atoms with Crippen molar-refractivity contribution < 1.29 is 9.90 Å². The zero-order chi connectivity index (χ0) is 16.1. The van der Waals surface area contributed by atoms with Crippen molar-refractivity contribution in [3.63, 3.8) is 0 Å². The first-order valence-corrected chi connectivity index (χ1v) is 7.91. The van der Waals surface area contributed by atoms with Crippen molar-refractivity contribution >= 4 is 5.91 Å². The molecule has 1 saturated heterocycles. The Hall–Kier alpha value is -2.18. The summed E-state index contributed by atoms with van der Waals surface area (Å²) in [5.74, 6) is 0.853. The van der Waals surface area contributed by atoms with E-state index in [-0.39, 0.29) is 5.91 Å². The molecule has 1 aliphatic heterocycles. The summed E-state index contributed by atoms with van der Waals surface area (Å²) >= 11 is 0. The molecule has 0 aliphatic carbocycles. The van der Waals surface area contributed by atoms with Crippen molar-refractivity contribution in [1.29, 1.82) is 0 Å². The van der Waals surface area contributed by atoms with E-state index in [9.17, 15) is 4.79 Å². The molecule has 6 heteroatoms. The van der Waals surface area contributed by atoms with Crippen molar-refractivity contribution in [2.45, 2.75) is 13.1 Å². The number of aliphatic hydroxyl groups is 1. The zero-order valence-corrected chi connectivity index (χ0v) is 13.1. The second-order valence-electron chi connectivity index (χ2n) is 5.77. The van der Waals surface area contributed by atoms with Crippen LogP contribution in [0.1, 0.15) is 11.4 Å². The molecule has 6 nitrogen and oxygen atoms in total. The maximum Gasteiger partial charge on any atom is 0.248 e. The van der Waals surface area contributed by atoms with Crippen LogP contribution in [-0.2, 0) is 17.9 Å². The van der Waals surface area contributed by atoms with E-state index in [0.717, 1.165) is 32.0 Å². The number of imidazole rings is 1. The van der Waals surface area contributed by atoms with Crippen LogP contribution in [0.5, 0.6) is 0 Å². The molecule has 0 radical (unpaired) electrons. The zero-order valence-electron chi connectivity index (χ0n) is 13.1. The summed E-state index contributed by atoms with van der Waals surface area (Å²) < 4.78 is 2.17. The Kier molecular flexibility index (Phi) is 5.05. The molecule has 0 spiro atoms. The lowest BCUT2D eigenvalue weighted by Gasteiger charge is -2.34. The minimum atomic E-state index is -0.401.